The van der Waals surface area contributed by atoms with Crippen molar-refractivity contribution in [3.63, 3.8) is 0 Å². The second-order valence-corrected chi connectivity index (χ2v) is 6.29. The summed E-state index contributed by atoms with van der Waals surface area (Å²) in [5, 5.41) is 8.57. The molecule has 7 heteroatoms. The lowest BCUT2D eigenvalue weighted by Crippen LogP contribution is -2.29. The van der Waals surface area contributed by atoms with Crippen LogP contribution >= 0.6 is 0 Å². The number of urea groups is 1. The zero-order valence-electron chi connectivity index (χ0n) is 16.3. The molecular weight excluding hydrogens is 366 g/mol. The molecule has 0 radical (unpaired) electrons. The van der Waals surface area contributed by atoms with Gasteiger partial charge in [0.1, 0.15) is 5.82 Å². The lowest BCUT2D eigenvalue weighted by atomic mass is 10.1. The van der Waals surface area contributed by atoms with Gasteiger partial charge in [0.25, 0.3) is 5.91 Å². The second kappa shape index (κ2) is 9.36. The monoisotopic (exact) mass is 389 g/mol. The van der Waals surface area contributed by atoms with Gasteiger partial charge in [0.2, 0.25) is 0 Å². The fourth-order valence-corrected chi connectivity index (χ4v) is 2.75. The number of rotatable bonds is 6. The van der Waals surface area contributed by atoms with Gasteiger partial charge in [-0.2, -0.15) is 0 Å². The molecule has 0 unspecified atom stereocenters. The fraction of sp³-hybridized carbons (Fsp3) is 0.136. The van der Waals surface area contributed by atoms with E-state index in [9.17, 15) is 9.59 Å². The van der Waals surface area contributed by atoms with Gasteiger partial charge in [0.05, 0.1) is 11.3 Å². The maximum Gasteiger partial charge on any atom is 0.320 e. The van der Waals surface area contributed by atoms with Gasteiger partial charge in [-0.1, -0.05) is 36.4 Å². The van der Waals surface area contributed by atoms with E-state index in [0.29, 0.717) is 23.6 Å². The van der Waals surface area contributed by atoms with Crippen LogP contribution in [0.4, 0.5) is 27.7 Å². The normalized spacial score (nSPS) is 10.1. The summed E-state index contributed by atoms with van der Waals surface area (Å²) in [6.07, 6.45) is 1.47. The van der Waals surface area contributed by atoms with Crippen LogP contribution in [-0.2, 0) is 0 Å². The lowest BCUT2D eigenvalue weighted by Gasteiger charge is -2.20. The van der Waals surface area contributed by atoms with Crippen molar-refractivity contribution < 1.29 is 9.59 Å². The molecule has 0 saturated carbocycles. The summed E-state index contributed by atoms with van der Waals surface area (Å²) in [7, 11) is 1.71. The van der Waals surface area contributed by atoms with Crippen LogP contribution in [0.1, 0.15) is 17.3 Å². The van der Waals surface area contributed by atoms with Crippen molar-refractivity contribution in [3.05, 3.63) is 78.5 Å². The molecule has 3 N–H and O–H groups in total. The highest BCUT2D eigenvalue weighted by molar-refractivity contribution is 6.09. The number of carbonyl (C=O) groups is 2. The van der Waals surface area contributed by atoms with Gasteiger partial charge < -0.3 is 15.5 Å². The third-order valence-corrected chi connectivity index (χ3v) is 4.21. The number of aromatic nitrogens is 1. The number of carbonyl (C=O) groups excluding carboxylic acids is 2. The highest BCUT2D eigenvalue weighted by Gasteiger charge is 2.19. The molecule has 0 fully saturated rings. The van der Waals surface area contributed by atoms with E-state index in [1.165, 1.54) is 6.20 Å². The number of amides is 3. The van der Waals surface area contributed by atoms with Crippen molar-refractivity contribution in [1.82, 2.24) is 10.3 Å². The number of para-hydroxylation sites is 2. The lowest BCUT2D eigenvalue weighted by molar-refractivity contribution is 0.0993. The van der Waals surface area contributed by atoms with Crippen LogP contribution in [0, 0.1) is 0 Å². The molecule has 0 aliphatic heterocycles. The molecule has 148 valence electrons. The van der Waals surface area contributed by atoms with E-state index < -0.39 is 0 Å². The number of pyridine rings is 1. The SMILES string of the molecule is CCNC(=O)Nc1cc(Nc2ccccc2)c(C(=O)N(C)c2ccccc2)cn1. The maximum absolute atomic E-state index is 13.1. The summed E-state index contributed by atoms with van der Waals surface area (Å²) in [5.74, 6) is 0.125. The molecule has 0 saturated heterocycles. The molecule has 3 rings (SSSR count). The van der Waals surface area contributed by atoms with E-state index in [-0.39, 0.29) is 11.9 Å². The summed E-state index contributed by atoms with van der Waals surface area (Å²) in [6.45, 7) is 2.33. The number of hydrogen-bond donors (Lipinski definition) is 3. The van der Waals surface area contributed by atoms with Crippen LogP contribution in [-0.4, -0.2) is 30.5 Å². The minimum Gasteiger partial charge on any atom is -0.355 e. The zero-order valence-corrected chi connectivity index (χ0v) is 16.3. The highest BCUT2D eigenvalue weighted by Crippen LogP contribution is 2.26. The van der Waals surface area contributed by atoms with E-state index in [2.05, 4.69) is 20.9 Å². The first kappa shape index (κ1) is 19.9. The number of anilines is 4. The smallest absolute Gasteiger partial charge is 0.320 e. The molecule has 0 atom stereocenters. The zero-order chi connectivity index (χ0) is 20.6. The Morgan fingerprint density at radius 3 is 2.31 bits per heavy atom. The van der Waals surface area contributed by atoms with Crippen LogP contribution in [0.3, 0.4) is 0 Å². The van der Waals surface area contributed by atoms with Crippen molar-refractivity contribution >= 4 is 34.8 Å². The Labute approximate surface area is 169 Å². The molecule has 1 aromatic heterocycles. The van der Waals surface area contributed by atoms with Gasteiger partial charge in [-0.25, -0.2) is 9.78 Å². The molecule has 2 aromatic carbocycles. The molecule has 0 spiro atoms. The molecule has 3 amide bonds. The Bertz CT molecular complexity index is 977. The molecule has 3 aromatic rings. The Balaban J connectivity index is 1.94. The van der Waals surface area contributed by atoms with Crippen LogP contribution in [0.15, 0.2) is 72.9 Å². The Morgan fingerprint density at radius 1 is 1.00 bits per heavy atom. The van der Waals surface area contributed by atoms with Gasteiger partial charge in [-0.3, -0.25) is 10.1 Å². The molecule has 0 aliphatic carbocycles. The van der Waals surface area contributed by atoms with Crippen molar-refractivity contribution in [1.29, 1.82) is 0 Å². The van der Waals surface area contributed by atoms with E-state index in [1.54, 1.807) is 18.0 Å². The van der Waals surface area contributed by atoms with Crippen LogP contribution in [0.5, 0.6) is 0 Å². The second-order valence-electron chi connectivity index (χ2n) is 6.29. The summed E-state index contributed by atoms with van der Waals surface area (Å²) >= 11 is 0. The molecule has 0 bridgehead atoms. The average Bonchev–Trinajstić information content (AvgIpc) is 2.74. The van der Waals surface area contributed by atoms with Gasteiger partial charge in [-0.15, -0.1) is 0 Å². The fourth-order valence-electron chi connectivity index (χ4n) is 2.75. The van der Waals surface area contributed by atoms with E-state index in [4.69, 9.17) is 0 Å². The van der Waals surface area contributed by atoms with Crippen LogP contribution in [0.2, 0.25) is 0 Å². The van der Waals surface area contributed by atoms with Gasteiger partial charge in [0.15, 0.2) is 0 Å². The molecule has 29 heavy (non-hydrogen) atoms. The number of nitrogens with one attached hydrogen (secondary N) is 3. The first-order valence-corrected chi connectivity index (χ1v) is 9.28. The summed E-state index contributed by atoms with van der Waals surface area (Å²) in [4.78, 5) is 30.8. The highest BCUT2D eigenvalue weighted by atomic mass is 16.2. The Kier molecular flexibility index (Phi) is 6.42. The average molecular weight is 389 g/mol. The Hall–Kier alpha value is -3.87. The predicted molar refractivity (Wildman–Crippen MR) is 116 cm³/mol. The third-order valence-electron chi connectivity index (χ3n) is 4.21. The topological polar surface area (TPSA) is 86.4 Å². The molecule has 7 nitrogen and oxygen atoms in total. The third kappa shape index (κ3) is 5.10. The first-order chi connectivity index (χ1) is 14.1. The van der Waals surface area contributed by atoms with Crippen molar-refractivity contribution in [3.8, 4) is 0 Å². The van der Waals surface area contributed by atoms with Gasteiger partial charge in [0, 0.05) is 37.2 Å². The van der Waals surface area contributed by atoms with E-state index in [0.717, 1.165) is 11.4 Å². The molecule has 0 aliphatic rings. The minimum atomic E-state index is -0.355. The largest absolute Gasteiger partial charge is 0.355 e. The van der Waals surface area contributed by atoms with Crippen molar-refractivity contribution in [2.75, 3.05) is 29.1 Å². The maximum atomic E-state index is 13.1. The summed E-state index contributed by atoms with van der Waals surface area (Å²) in [6, 6.07) is 20.2. The van der Waals surface area contributed by atoms with Crippen molar-refractivity contribution in [2.45, 2.75) is 6.92 Å². The molecule has 1 heterocycles. The van der Waals surface area contributed by atoms with Gasteiger partial charge in [-0.05, 0) is 31.2 Å². The predicted octanol–water partition coefficient (Wildman–Crippen LogP) is 4.24. The number of benzene rings is 2. The van der Waals surface area contributed by atoms with Crippen LogP contribution in [0.25, 0.3) is 0 Å². The van der Waals surface area contributed by atoms with Crippen molar-refractivity contribution in [2.24, 2.45) is 0 Å². The summed E-state index contributed by atoms with van der Waals surface area (Å²) < 4.78 is 0. The van der Waals surface area contributed by atoms with Gasteiger partial charge >= 0.3 is 6.03 Å². The first-order valence-electron chi connectivity index (χ1n) is 9.28. The number of nitrogens with zero attached hydrogens (tertiary/aromatic N) is 2. The number of hydrogen-bond acceptors (Lipinski definition) is 4. The Morgan fingerprint density at radius 2 is 1.66 bits per heavy atom. The summed E-state index contributed by atoms with van der Waals surface area (Å²) in [5.41, 5.74) is 2.53. The quantitative estimate of drug-likeness (QED) is 0.588. The minimum absolute atomic E-state index is 0.216. The van der Waals surface area contributed by atoms with E-state index >= 15 is 0 Å². The van der Waals surface area contributed by atoms with Crippen LogP contribution < -0.4 is 20.9 Å². The standard InChI is InChI=1S/C22H23N5O2/c1-3-23-22(29)26-20-14-19(25-16-10-6-4-7-11-16)18(15-24-20)21(28)27(2)17-12-8-5-9-13-17/h4-15H,3H2,1-2H3,(H3,23,24,25,26,29). The molecular formula is C22H23N5O2. The van der Waals surface area contributed by atoms with E-state index in [1.807, 2.05) is 67.6 Å².